The third-order valence-corrected chi connectivity index (χ3v) is 17.8. The van der Waals surface area contributed by atoms with Gasteiger partial charge in [-0.3, -0.25) is 54.3 Å². The Bertz CT molecular complexity index is 2490. The van der Waals surface area contributed by atoms with Crippen LogP contribution in [0.2, 0.25) is 0 Å². The Morgan fingerprint density at radius 3 is 0.574 bits per heavy atom. The summed E-state index contributed by atoms with van der Waals surface area (Å²) in [6.45, 7) is 4.40. The summed E-state index contributed by atoms with van der Waals surface area (Å²) in [7, 11) is -72.2. The van der Waals surface area contributed by atoms with Crippen LogP contribution in [-0.2, 0) is 109 Å². The molecule has 1 heterocycles. The van der Waals surface area contributed by atoms with E-state index in [1.165, 1.54) is 96.4 Å². The number of phosphoric acid groups is 12. The fraction of sp³-hybridized carbons (Fsp3) is 0.853. The molecule has 0 saturated heterocycles. The maximum absolute atomic E-state index is 11.4. The molecule has 67 heteroatoms. The minimum Gasteiger partial charge on any atom is -0.485 e. The second-order valence-corrected chi connectivity index (χ2v) is 34.0. The third kappa shape index (κ3) is 56.9. The van der Waals surface area contributed by atoms with Gasteiger partial charge in [-0.15, -0.1) is 12.4 Å². The Labute approximate surface area is 621 Å². The Morgan fingerprint density at radius 1 is 0.317 bits per heavy atom. The van der Waals surface area contributed by atoms with Crippen LogP contribution in [0.1, 0.15) is 96.8 Å². The van der Waals surface area contributed by atoms with Crippen LogP contribution in [-0.4, -0.2) is 225 Å². The number of unbranched alkanes of at least 4 members (excludes halogenated alkanes) is 13. The van der Waals surface area contributed by atoms with Gasteiger partial charge in [-0.05, 0) is 13.0 Å². The van der Waals surface area contributed by atoms with Gasteiger partial charge >= 0.3 is 159 Å². The molecule has 3 rings (SSSR count). The van der Waals surface area contributed by atoms with Gasteiger partial charge in [-0.1, -0.05) is 96.9 Å². The smallest absolute Gasteiger partial charge is 0.485 e. The fourth-order valence-electron chi connectivity index (χ4n) is 8.65. The molecule has 592 valence electrons. The minimum atomic E-state index is -6.02. The molecule has 101 heavy (non-hydrogen) atoms. The van der Waals surface area contributed by atoms with Gasteiger partial charge in [0.25, 0.3) is 0 Å². The van der Waals surface area contributed by atoms with Crippen molar-refractivity contribution < 1.29 is 301 Å². The van der Waals surface area contributed by atoms with E-state index in [2.05, 4.69) is 84.5 Å². The average molecular weight is 1770 g/mol. The quantitative estimate of drug-likeness (QED) is 0.0118. The second-order valence-electron chi connectivity index (χ2n) is 19.7. The third-order valence-electron chi connectivity index (χ3n) is 11.5. The first-order chi connectivity index (χ1) is 43.8. The largest absolute Gasteiger partial charge is 1.00 e. The topological polar surface area (TPSA) is 862 Å². The predicted octanol–water partition coefficient (Wildman–Crippen LogP) is -5.15. The molecule has 2 aliphatic carbocycles. The molecule has 0 aromatic carbocycles. The van der Waals surface area contributed by atoms with E-state index in [0.717, 1.165) is 6.54 Å². The maximum Gasteiger partial charge on any atom is 1.00 e. The zero-order valence-corrected chi connectivity index (χ0v) is 67.5. The maximum atomic E-state index is 11.4. The van der Waals surface area contributed by atoms with Crippen molar-refractivity contribution in [2.24, 2.45) is 0 Å². The summed E-state index contributed by atoms with van der Waals surface area (Å²) >= 11 is 0. The monoisotopic (exact) mass is 1770 g/mol. The number of hydrogen-bond acceptors (Lipinski definition) is 26. The molecule has 0 aromatic rings. The number of carbonyl (C=O) groups is 1. The van der Waals surface area contributed by atoms with Crippen molar-refractivity contribution >= 4 is 112 Å². The molecule has 26 N–H and O–H groups in total. The number of nitrogens with zero attached hydrogens (tertiary/aromatic N) is 1. The molecule has 0 spiro atoms. The van der Waals surface area contributed by atoms with Gasteiger partial charge in [-0.2, -0.15) is 0 Å². The van der Waals surface area contributed by atoms with Crippen molar-refractivity contribution in [3.8, 4) is 0 Å². The summed E-state index contributed by atoms with van der Waals surface area (Å²) in [5.74, 6) is 0. The van der Waals surface area contributed by atoms with Crippen LogP contribution in [0.5, 0.6) is 0 Å². The molecule has 0 amide bonds. The summed E-state index contributed by atoms with van der Waals surface area (Å²) in [6.07, 6.45) is -9.28. The number of allylic oxidation sites excluding steroid dienone is 2. The average Bonchev–Trinajstić information content (AvgIpc) is 0.753. The molecule has 52 nitrogen and oxygen atoms in total. The van der Waals surface area contributed by atoms with Crippen LogP contribution in [0.3, 0.4) is 0 Å². The molecule has 2 saturated carbocycles. The SMILES string of the molecule is CCCCCCCCCCCCCCCCN1C=C[C-]=[C-]C1.Cl.O=C(O)O.O=P(O)(O)O[C@H]1[C@H](OP(=O)(O)O)[C@@H](OP(=O)(O)O)[C@H](OP(=O)(O)O)[C@@H](OP(=O)(O)O)[C@H]1OP(=O)(O)O.O=P(O)(O)O[C@H]1[C@H](OP(=O)(O)O)[C@@H](OP(=O)(O)O)[C@H](OP(=O)(O)O)[C@@H](OP(=O)(O)O)[C@H]1OP(=O)(O)O.[Na+].[Na+]. The standard InChI is InChI=1S/C21H37N.2C6H18O24P6.CH2O3.ClH.2Na/c1-2-3-4-5-6-7-8-9-10-11-12-13-14-16-19-22-20-17-15-18-21-22;2*7-31(8,9)25-1-2(26-32(10,11)12)4(28-34(16,17)18)6(30-36(22,23)24)5(29-35(19,20)21)3(1)27-33(13,14)15;2-1(3)4;;;/h17,20H,2-14,16,19,21H2,1H3;2*1-6H,(H2,7,8,9)(H2,10,11,12)(H2,13,14,15)(H2,16,17,18)(H2,19,20,21)(H2,22,23,24);(H2,2,3,4);1H;;/q-2;;;;;2*+1/t;2*1-,2-,3-,4+,5-,6-;;;;. The van der Waals surface area contributed by atoms with Gasteiger partial charge in [0.2, 0.25) is 0 Å². The van der Waals surface area contributed by atoms with E-state index in [-0.39, 0.29) is 71.5 Å². The first-order valence-corrected chi connectivity index (χ1v) is 44.8. The van der Waals surface area contributed by atoms with Gasteiger partial charge in [0.05, 0.1) is 0 Å². The number of rotatable bonds is 39. The van der Waals surface area contributed by atoms with Crippen molar-refractivity contribution in [2.75, 3.05) is 13.1 Å². The van der Waals surface area contributed by atoms with E-state index in [9.17, 15) is 54.8 Å². The van der Waals surface area contributed by atoms with E-state index in [1.807, 2.05) is 6.08 Å². The minimum absolute atomic E-state index is 0. The Balaban J connectivity index is -0.000000687. The fourth-order valence-corrected chi connectivity index (χ4v) is 15.3. The molecule has 0 radical (unpaired) electrons. The van der Waals surface area contributed by atoms with E-state index >= 15 is 0 Å². The van der Waals surface area contributed by atoms with Crippen LogP contribution in [0.25, 0.3) is 0 Å². The second kappa shape index (κ2) is 47.6. The van der Waals surface area contributed by atoms with Crippen LogP contribution in [0.4, 0.5) is 4.79 Å². The summed E-state index contributed by atoms with van der Waals surface area (Å²) < 4.78 is 186. The number of carboxylic acid groups (broad SMARTS) is 2. The molecule has 2 fully saturated rings. The number of phosphoric ester groups is 12. The van der Waals surface area contributed by atoms with E-state index in [1.54, 1.807) is 0 Å². The Hall–Kier alpha value is 2.16. The van der Waals surface area contributed by atoms with Crippen molar-refractivity contribution in [3.05, 3.63) is 24.4 Å². The van der Waals surface area contributed by atoms with Crippen LogP contribution in [0, 0.1) is 12.2 Å². The zero-order chi connectivity index (χ0) is 76.7. The first kappa shape index (κ1) is 109. The van der Waals surface area contributed by atoms with E-state index in [4.69, 9.17) is 132 Å². The zero-order valence-electron chi connectivity index (χ0n) is 52.0. The van der Waals surface area contributed by atoms with Crippen molar-refractivity contribution in [1.82, 2.24) is 4.90 Å². The first-order valence-electron chi connectivity index (χ1n) is 26.5. The van der Waals surface area contributed by atoms with Crippen LogP contribution < -0.4 is 59.1 Å². The molecular formula is C34H76ClNNa2O51P12. The molecular weight excluding hydrogens is 1690 g/mol. The molecule has 0 unspecified atom stereocenters. The van der Waals surface area contributed by atoms with Crippen molar-refractivity contribution in [1.29, 1.82) is 0 Å². The van der Waals surface area contributed by atoms with Gasteiger partial charge in [0.1, 0.15) is 73.2 Å². The summed E-state index contributed by atoms with van der Waals surface area (Å²) in [5, 5.41) is 13.9. The molecule has 3 aliphatic rings. The molecule has 0 bridgehead atoms. The number of halogens is 1. The summed E-state index contributed by atoms with van der Waals surface area (Å²) in [5.41, 5.74) is 0. The Morgan fingerprint density at radius 2 is 0.455 bits per heavy atom. The predicted molar refractivity (Wildman–Crippen MR) is 318 cm³/mol. The van der Waals surface area contributed by atoms with Gasteiger partial charge < -0.3 is 151 Å². The van der Waals surface area contributed by atoms with E-state index in [0.29, 0.717) is 0 Å². The van der Waals surface area contributed by atoms with Crippen LogP contribution >= 0.6 is 106 Å². The molecule has 1 aliphatic heterocycles. The Kier molecular flexibility index (Phi) is 51.6. The van der Waals surface area contributed by atoms with Gasteiger partial charge in [0.15, 0.2) is 0 Å². The van der Waals surface area contributed by atoms with E-state index < -0.39 is 173 Å². The normalized spacial score (nSPS) is 24.2. The summed E-state index contributed by atoms with van der Waals surface area (Å²) in [4.78, 5) is 230. The van der Waals surface area contributed by atoms with Crippen LogP contribution in [0.15, 0.2) is 12.3 Å². The summed E-state index contributed by atoms with van der Waals surface area (Å²) in [6, 6.07) is 0. The molecule has 0 aromatic heterocycles. The molecule has 0 atom stereocenters. The van der Waals surface area contributed by atoms with Gasteiger partial charge in [-0.25, -0.2) is 65.8 Å². The van der Waals surface area contributed by atoms with Gasteiger partial charge in [0, 0.05) is 0 Å². The number of hydrogen-bond donors (Lipinski definition) is 26. The van der Waals surface area contributed by atoms with Crippen molar-refractivity contribution in [3.63, 3.8) is 0 Å². The van der Waals surface area contributed by atoms with Crippen molar-refractivity contribution in [2.45, 2.75) is 170 Å².